The topological polar surface area (TPSA) is 309 Å². The minimum Gasteiger partial charge on any atom is -0.490 e. The molecule has 0 aliphatic carbocycles. The Balaban J connectivity index is 0.000000796. The van der Waals surface area contributed by atoms with Gasteiger partial charge in [0.1, 0.15) is 118 Å². The normalized spacial score (nSPS) is 9.47. The zero-order valence-corrected chi connectivity index (χ0v) is 88.1. The molecule has 0 saturated carbocycles. The van der Waals surface area contributed by atoms with Crippen molar-refractivity contribution in [2.45, 2.75) is 83.1 Å². The van der Waals surface area contributed by atoms with E-state index in [0.29, 0.717) is 65.2 Å². The van der Waals surface area contributed by atoms with E-state index in [2.05, 4.69) is 118 Å². The number of benzene rings is 10. The lowest BCUT2D eigenvalue weighted by Gasteiger charge is -2.09. The molecule has 0 fully saturated rings. The second-order valence-electron chi connectivity index (χ2n) is 29.0. The highest BCUT2D eigenvalue weighted by atomic mass is 79.9. The first kappa shape index (κ1) is 126. The van der Waals surface area contributed by atoms with Gasteiger partial charge in [0.15, 0.2) is 11.6 Å². The third-order valence-corrected chi connectivity index (χ3v) is 19.3. The Labute approximate surface area is 871 Å². The van der Waals surface area contributed by atoms with Gasteiger partial charge in [-0.3, -0.25) is 0 Å². The number of hydrogen-bond donors (Lipinski definition) is 0. The third kappa shape index (κ3) is 58.8. The van der Waals surface area contributed by atoms with Gasteiger partial charge in [0, 0.05) is 60.8 Å². The Morgan fingerprint density at radius 2 is 0.455 bits per heavy atom. The molecule has 0 radical (unpaired) electrons. The van der Waals surface area contributed by atoms with Crippen LogP contribution >= 0.6 is 71.0 Å². The number of carbonyl (C=O) groups excluding carboxylic acids is 10. The first-order valence-corrected chi connectivity index (χ1v) is 46.3. The molecule has 10 aromatic rings. The van der Waals surface area contributed by atoms with Crippen molar-refractivity contribution in [2.24, 2.45) is 0 Å². The summed E-state index contributed by atoms with van der Waals surface area (Å²) in [7, 11) is 0. The number of hydrogen-bond acceptors (Lipinski definition) is 25. The second-order valence-corrected chi connectivity index (χ2v) is 32.4. The van der Waals surface area contributed by atoms with Crippen LogP contribution < -0.4 is 47.4 Å². The van der Waals surface area contributed by atoms with Crippen molar-refractivity contribution in [1.82, 2.24) is 0 Å². The molecule has 0 N–H and O–H groups in total. The van der Waals surface area contributed by atoms with E-state index in [4.69, 9.17) is 89.5 Å². The number of esters is 10. The molecule has 0 saturated heterocycles. The van der Waals surface area contributed by atoms with Gasteiger partial charge in [-0.2, -0.15) is 0 Å². The van der Waals surface area contributed by atoms with Crippen LogP contribution in [0.5, 0.6) is 57.5 Å². The van der Waals surface area contributed by atoms with Gasteiger partial charge in [-0.15, -0.1) is 0 Å². The lowest BCUT2D eigenvalue weighted by molar-refractivity contribution is -0.139. The van der Waals surface area contributed by atoms with Crippen LogP contribution in [0.25, 0.3) is 0 Å². The van der Waals surface area contributed by atoms with E-state index >= 15 is 0 Å². The molecule has 31 heteroatoms. The van der Waals surface area contributed by atoms with Gasteiger partial charge in [-0.1, -0.05) is 196 Å². The maximum atomic E-state index is 13.0. The maximum absolute atomic E-state index is 13.0. The molecule has 0 heterocycles. The molecule has 10 rings (SSSR count). The Morgan fingerprint density at radius 3 is 0.769 bits per heavy atom. The molecule has 0 atom stereocenters. The molecule has 143 heavy (non-hydrogen) atoms. The minimum atomic E-state index is -0.664. The summed E-state index contributed by atoms with van der Waals surface area (Å²) in [4.78, 5) is 108. The average molecular weight is 2190 g/mol. The van der Waals surface area contributed by atoms with Crippen molar-refractivity contribution < 1.29 is 123 Å². The van der Waals surface area contributed by atoms with Crippen LogP contribution in [-0.2, 0) is 71.6 Å². The first-order valence-electron chi connectivity index (χ1n) is 43.2. The van der Waals surface area contributed by atoms with Gasteiger partial charge < -0.3 is 71.1 Å². The molecule has 0 aliphatic heterocycles. The standard InChI is InChI=1S/C13H16O3.2C12H13BrO3.C12H13ClO3.C12H14O3.C11H12O2.C10H9BrO2.C10H9ClO2.C10H9FO2.C10H10O2/c1-4-13(14)16-8-7-15-12-6-5-10(2)9-11(12)3;3*1-3-12(14)16-7-6-15-11-5-4-9(2)8-10(11)13;1-3-12(13)15-9-8-14-11-6-4-10(2)5-7-11;1-4-11(12)13-10-6-5-8(2)7-9(10)3;3*1-3-10(12)13-9-5-4-7(2)6-8(9)11;1-3-10(11)12-9-6-4-8(2)5-7-9/h4-6,9H,1,7-8H2,2-3H3;3*3-5,8H,1,6-7H2,2H3;3-7H,1,8-9H2,2H3;4-7H,1H2,2-3H3;3*3-6H,1H2,2H3;3-7H,1H2,2H3. The predicted octanol–water partition coefficient (Wildman–Crippen LogP) is 25.3. The van der Waals surface area contributed by atoms with Crippen LogP contribution in [0.4, 0.5) is 4.39 Å². The fourth-order valence-electron chi connectivity index (χ4n) is 9.88. The Hall–Kier alpha value is -14.8. The third-order valence-electron chi connectivity index (χ3n) is 16.9. The first-order chi connectivity index (χ1) is 68.0. The Morgan fingerprint density at radius 1 is 0.231 bits per heavy atom. The second kappa shape index (κ2) is 73.4. The average Bonchev–Trinajstić information content (AvgIpc) is 0.886. The van der Waals surface area contributed by atoms with E-state index < -0.39 is 65.5 Å². The van der Waals surface area contributed by atoms with Crippen molar-refractivity contribution in [3.05, 3.63) is 417 Å². The molecule has 0 amide bonds. The summed E-state index contributed by atoms with van der Waals surface area (Å²) in [6.07, 6.45) is 11.1. The van der Waals surface area contributed by atoms with Crippen molar-refractivity contribution in [3.63, 3.8) is 0 Å². The molecule has 758 valence electrons. The van der Waals surface area contributed by atoms with E-state index in [-0.39, 0.29) is 45.4 Å². The van der Waals surface area contributed by atoms with Gasteiger partial charge >= 0.3 is 59.7 Å². The summed E-state index contributed by atoms with van der Waals surface area (Å²) < 4.78 is 90.7. The molecule has 0 aliphatic rings. The fraction of sp³-hybridized carbons (Fsp3) is 0.196. The van der Waals surface area contributed by atoms with Gasteiger partial charge in [-0.25, -0.2) is 52.3 Å². The molecule has 25 nitrogen and oxygen atoms in total. The van der Waals surface area contributed by atoms with Crippen molar-refractivity contribution in [2.75, 3.05) is 66.1 Å². The minimum absolute atomic E-state index is 0.0736. The highest BCUT2D eigenvalue weighted by Gasteiger charge is 2.13. The van der Waals surface area contributed by atoms with Gasteiger partial charge in [0.25, 0.3) is 0 Å². The van der Waals surface area contributed by atoms with Crippen LogP contribution in [0, 0.1) is 88.9 Å². The zero-order valence-electron chi connectivity index (χ0n) is 81.9. The van der Waals surface area contributed by atoms with Gasteiger partial charge in [0.2, 0.25) is 0 Å². The van der Waals surface area contributed by atoms with Crippen molar-refractivity contribution >= 4 is 131 Å². The highest BCUT2D eigenvalue weighted by molar-refractivity contribution is 9.11. The lowest BCUT2D eigenvalue weighted by atomic mass is 10.1. The van der Waals surface area contributed by atoms with Gasteiger partial charge in [-0.05, 0) is 285 Å². The van der Waals surface area contributed by atoms with Crippen molar-refractivity contribution in [1.29, 1.82) is 0 Å². The molecule has 0 unspecified atom stereocenters. The van der Waals surface area contributed by atoms with E-state index in [9.17, 15) is 52.3 Å². The summed E-state index contributed by atoms with van der Waals surface area (Å²) in [5, 5.41) is 0.977. The highest BCUT2D eigenvalue weighted by Crippen LogP contribution is 2.31. The van der Waals surface area contributed by atoms with Crippen LogP contribution in [-0.4, -0.2) is 126 Å². The molecule has 0 aromatic heterocycles. The summed E-state index contributed by atoms with van der Waals surface area (Å²) in [6, 6.07) is 58.7. The number of carbonyl (C=O) groups is 10. The molecule has 0 bridgehead atoms. The van der Waals surface area contributed by atoms with E-state index in [1.54, 1.807) is 55.5 Å². The Bertz CT molecular complexity index is 5330. The molecular weight excluding hydrogens is 2070 g/mol. The summed E-state index contributed by atoms with van der Waals surface area (Å²) in [5.41, 5.74) is 13.0. The van der Waals surface area contributed by atoms with Crippen LogP contribution in [0.1, 0.15) is 66.8 Å². The monoisotopic (exact) mass is 2190 g/mol. The van der Waals surface area contributed by atoms with E-state index in [0.717, 1.165) is 153 Å². The summed E-state index contributed by atoms with van der Waals surface area (Å²) in [5.74, 6) is 0.365. The van der Waals surface area contributed by atoms with Crippen LogP contribution in [0.2, 0.25) is 10.0 Å². The number of rotatable bonds is 35. The molecule has 0 spiro atoms. The Kier molecular flexibility index (Phi) is 64.8. The zero-order chi connectivity index (χ0) is 107. The van der Waals surface area contributed by atoms with Crippen molar-refractivity contribution in [3.8, 4) is 57.5 Å². The number of halogens is 6. The molecule has 10 aromatic carbocycles. The van der Waals surface area contributed by atoms with E-state index in [1.165, 1.54) is 23.3 Å². The van der Waals surface area contributed by atoms with E-state index in [1.807, 2.05) is 210 Å². The number of ether oxygens (including phenoxy) is 15. The summed E-state index contributed by atoms with van der Waals surface area (Å²) >= 11 is 21.8. The largest absolute Gasteiger partial charge is 0.490 e. The quantitative estimate of drug-likeness (QED) is 0.0117. The van der Waals surface area contributed by atoms with Crippen LogP contribution in [0.15, 0.2) is 334 Å². The smallest absolute Gasteiger partial charge is 0.335 e. The van der Waals surface area contributed by atoms with Gasteiger partial charge in [0.05, 0.1) is 23.5 Å². The maximum Gasteiger partial charge on any atom is 0.335 e. The molecular formula is C112H118Br3Cl2FO25. The lowest BCUT2D eigenvalue weighted by Crippen LogP contribution is -2.10. The predicted molar refractivity (Wildman–Crippen MR) is 567 cm³/mol. The van der Waals surface area contributed by atoms with Crippen LogP contribution in [0.3, 0.4) is 0 Å². The SMILES string of the molecule is C=CC(=O)OCCOc1ccc(C)cc1.C=CC(=O)OCCOc1ccc(C)cc1Br.C=CC(=O)OCCOc1ccc(C)cc1Br.C=CC(=O)OCCOc1ccc(C)cc1C.C=CC(=O)OCCOc1ccc(C)cc1Cl.C=CC(=O)Oc1ccc(C)cc1.C=CC(=O)Oc1ccc(C)cc1Br.C=CC(=O)Oc1ccc(C)cc1C.C=CC(=O)Oc1ccc(C)cc1Cl.C=CC(=O)Oc1ccc(C)cc1F. The fourth-order valence-corrected chi connectivity index (χ4v) is 12.2. The number of aryl methyl sites for hydroxylation is 12. The summed E-state index contributed by atoms with van der Waals surface area (Å²) in [6.45, 7) is 59.1.